The quantitative estimate of drug-likeness (QED) is 0.740. The molecule has 114 valence electrons. The molecular formula is C15H26N2O3. The molecule has 3 unspecified atom stereocenters. The maximum atomic E-state index is 12.1. The lowest BCUT2D eigenvalue weighted by atomic mass is 9.80. The lowest BCUT2D eigenvalue weighted by Gasteiger charge is -2.33. The summed E-state index contributed by atoms with van der Waals surface area (Å²) < 4.78 is 0. The third-order valence-electron chi connectivity index (χ3n) is 4.73. The number of nitrogens with one attached hydrogen (secondary N) is 2. The van der Waals surface area contributed by atoms with Gasteiger partial charge in [0.15, 0.2) is 0 Å². The number of hydrogen-bond donors (Lipinski definition) is 3. The summed E-state index contributed by atoms with van der Waals surface area (Å²) in [6.45, 7) is 6.01. The highest BCUT2D eigenvalue weighted by Crippen LogP contribution is 2.39. The van der Waals surface area contributed by atoms with Gasteiger partial charge in [-0.05, 0) is 56.8 Å². The van der Waals surface area contributed by atoms with Gasteiger partial charge in [-0.2, -0.15) is 0 Å². The van der Waals surface area contributed by atoms with Crippen molar-refractivity contribution in [1.82, 2.24) is 10.6 Å². The minimum absolute atomic E-state index is 0.0648. The van der Waals surface area contributed by atoms with Crippen LogP contribution in [0.1, 0.15) is 52.9 Å². The summed E-state index contributed by atoms with van der Waals surface area (Å²) in [4.78, 5) is 23.5. The number of urea groups is 1. The number of aliphatic carboxylic acids is 1. The second kappa shape index (κ2) is 5.62. The van der Waals surface area contributed by atoms with Crippen molar-refractivity contribution >= 4 is 12.0 Å². The minimum atomic E-state index is -1.13. The molecule has 2 aliphatic carbocycles. The Bertz CT molecular complexity index is 385. The van der Waals surface area contributed by atoms with Crippen molar-refractivity contribution in [3.63, 3.8) is 0 Å². The van der Waals surface area contributed by atoms with E-state index in [9.17, 15) is 14.7 Å². The van der Waals surface area contributed by atoms with E-state index in [0.717, 1.165) is 25.7 Å². The molecule has 5 nitrogen and oxygen atoms in total. The summed E-state index contributed by atoms with van der Waals surface area (Å²) in [5.41, 5.74) is -1.13. The molecule has 0 spiro atoms. The first-order valence-electron chi connectivity index (χ1n) is 7.63. The van der Waals surface area contributed by atoms with Crippen molar-refractivity contribution in [2.75, 3.05) is 0 Å². The molecule has 0 radical (unpaired) electrons. The largest absolute Gasteiger partial charge is 0.480 e. The number of carboxylic acid groups (broad SMARTS) is 1. The fraction of sp³-hybridized carbons (Fsp3) is 0.867. The molecule has 0 aliphatic heterocycles. The van der Waals surface area contributed by atoms with Gasteiger partial charge in [0.25, 0.3) is 0 Å². The number of carboxylic acids is 1. The van der Waals surface area contributed by atoms with E-state index in [2.05, 4.69) is 24.5 Å². The first-order valence-corrected chi connectivity index (χ1v) is 7.63. The molecule has 20 heavy (non-hydrogen) atoms. The molecule has 0 heterocycles. The van der Waals surface area contributed by atoms with Crippen LogP contribution < -0.4 is 10.6 Å². The molecule has 5 heteroatoms. The standard InChI is InChI=1S/C15H26N2O3/c1-9-6-10(2)8-12(7-9)16-14(20)17-15(3,13(18)19)11-4-5-11/h9-12H,4-8H2,1-3H3,(H,18,19)(H2,16,17,20). The van der Waals surface area contributed by atoms with Gasteiger partial charge < -0.3 is 15.7 Å². The van der Waals surface area contributed by atoms with Crippen molar-refractivity contribution in [2.45, 2.75) is 64.5 Å². The summed E-state index contributed by atoms with van der Waals surface area (Å²) in [6, 6.07) is -0.181. The monoisotopic (exact) mass is 282 g/mol. The van der Waals surface area contributed by atoms with Crippen LogP contribution in [0.5, 0.6) is 0 Å². The molecule has 0 aromatic rings. The first-order chi connectivity index (χ1) is 9.31. The van der Waals surface area contributed by atoms with E-state index < -0.39 is 11.5 Å². The van der Waals surface area contributed by atoms with Crippen LogP contribution in [0, 0.1) is 17.8 Å². The van der Waals surface area contributed by atoms with E-state index in [-0.39, 0.29) is 18.0 Å². The molecule has 0 bridgehead atoms. The van der Waals surface area contributed by atoms with Gasteiger partial charge in [0.2, 0.25) is 0 Å². The van der Waals surface area contributed by atoms with E-state index in [1.54, 1.807) is 6.92 Å². The Morgan fingerprint density at radius 2 is 1.65 bits per heavy atom. The van der Waals surface area contributed by atoms with Crippen molar-refractivity contribution in [3.8, 4) is 0 Å². The van der Waals surface area contributed by atoms with Crippen LogP contribution in [0.4, 0.5) is 4.79 Å². The fourth-order valence-electron chi connectivity index (χ4n) is 3.51. The van der Waals surface area contributed by atoms with Crippen LogP contribution in [-0.2, 0) is 4.79 Å². The van der Waals surface area contributed by atoms with E-state index in [4.69, 9.17) is 0 Å². The average Bonchev–Trinajstić information content (AvgIpc) is 3.10. The third kappa shape index (κ3) is 3.44. The van der Waals surface area contributed by atoms with Gasteiger partial charge >= 0.3 is 12.0 Å². The van der Waals surface area contributed by atoms with Gasteiger partial charge in [-0.15, -0.1) is 0 Å². The van der Waals surface area contributed by atoms with Crippen LogP contribution in [0.3, 0.4) is 0 Å². The third-order valence-corrected chi connectivity index (χ3v) is 4.73. The Morgan fingerprint density at radius 3 is 2.10 bits per heavy atom. The van der Waals surface area contributed by atoms with Crippen LogP contribution >= 0.6 is 0 Å². The summed E-state index contributed by atoms with van der Waals surface area (Å²) >= 11 is 0. The zero-order chi connectivity index (χ0) is 14.9. The van der Waals surface area contributed by atoms with Gasteiger partial charge in [-0.3, -0.25) is 0 Å². The molecule has 0 aromatic carbocycles. The zero-order valence-electron chi connectivity index (χ0n) is 12.6. The van der Waals surface area contributed by atoms with Crippen molar-refractivity contribution in [3.05, 3.63) is 0 Å². The van der Waals surface area contributed by atoms with Crippen molar-refractivity contribution < 1.29 is 14.7 Å². The summed E-state index contributed by atoms with van der Waals surface area (Å²) in [6.07, 6.45) is 4.91. The number of carbonyl (C=O) groups is 2. The topological polar surface area (TPSA) is 78.4 Å². The molecule has 3 atom stereocenters. The normalized spacial score (nSPS) is 33.0. The van der Waals surface area contributed by atoms with Crippen LogP contribution in [-0.4, -0.2) is 28.7 Å². The molecule has 2 aliphatic rings. The van der Waals surface area contributed by atoms with Gasteiger partial charge in [-0.25, -0.2) is 9.59 Å². The zero-order valence-corrected chi connectivity index (χ0v) is 12.6. The van der Waals surface area contributed by atoms with E-state index >= 15 is 0 Å². The fourth-order valence-corrected chi connectivity index (χ4v) is 3.51. The molecule has 2 saturated carbocycles. The smallest absolute Gasteiger partial charge is 0.329 e. The SMILES string of the molecule is CC1CC(C)CC(NC(=O)NC(C)(C(=O)O)C2CC2)C1. The molecule has 2 fully saturated rings. The number of hydrogen-bond acceptors (Lipinski definition) is 2. The molecular weight excluding hydrogens is 256 g/mol. The lowest BCUT2D eigenvalue weighted by molar-refractivity contribution is -0.144. The summed E-state index contributed by atoms with van der Waals surface area (Å²) in [5, 5.41) is 15.0. The van der Waals surface area contributed by atoms with E-state index in [0.29, 0.717) is 11.8 Å². The average molecular weight is 282 g/mol. The molecule has 0 aromatic heterocycles. The van der Waals surface area contributed by atoms with Crippen LogP contribution in [0.15, 0.2) is 0 Å². The Balaban J connectivity index is 1.90. The molecule has 0 saturated heterocycles. The van der Waals surface area contributed by atoms with E-state index in [1.807, 2.05) is 0 Å². The first kappa shape index (κ1) is 15.1. The Morgan fingerprint density at radius 1 is 1.10 bits per heavy atom. The Kier molecular flexibility index (Phi) is 4.25. The van der Waals surface area contributed by atoms with Gasteiger partial charge in [0.05, 0.1) is 0 Å². The summed E-state index contributed by atoms with van der Waals surface area (Å²) in [7, 11) is 0. The van der Waals surface area contributed by atoms with Gasteiger partial charge in [0, 0.05) is 6.04 Å². The maximum Gasteiger partial charge on any atom is 0.329 e. The highest BCUT2D eigenvalue weighted by Gasteiger charge is 2.48. The highest BCUT2D eigenvalue weighted by molar-refractivity contribution is 5.86. The lowest BCUT2D eigenvalue weighted by Crippen LogP contribution is -2.58. The molecule has 2 amide bonds. The van der Waals surface area contributed by atoms with Crippen LogP contribution in [0.25, 0.3) is 0 Å². The highest BCUT2D eigenvalue weighted by atomic mass is 16.4. The van der Waals surface area contributed by atoms with Gasteiger partial charge in [-0.1, -0.05) is 13.8 Å². The maximum absolute atomic E-state index is 12.1. The predicted octanol–water partition coefficient (Wildman–Crippen LogP) is 2.36. The molecule has 2 rings (SSSR count). The van der Waals surface area contributed by atoms with Gasteiger partial charge in [0.1, 0.15) is 5.54 Å². The van der Waals surface area contributed by atoms with E-state index in [1.165, 1.54) is 6.42 Å². The molecule has 3 N–H and O–H groups in total. The second-order valence-corrected chi connectivity index (χ2v) is 6.99. The predicted molar refractivity (Wildman–Crippen MR) is 76.4 cm³/mol. The Hall–Kier alpha value is -1.26. The number of amides is 2. The van der Waals surface area contributed by atoms with Crippen LogP contribution in [0.2, 0.25) is 0 Å². The number of carbonyl (C=O) groups excluding carboxylic acids is 1. The van der Waals surface area contributed by atoms with Crippen molar-refractivity contribution in [2.24, 2.45) is 17.8 Å². The minimum Gasteiger partial charge on any atom is -0.480 e. The number of rotatable bonds is 4. The summed E-state index contributed by atoms with van der Waals surface area (Å²) in [5.74, 6) is 0.340. The Labute approximate surface area is 120 Å². The van der Waals surface area contributed by atoms with Crippen molar-refractivity contribution in [1.29, 1.82) is 0 Å². The second-order valence-electron chi connectivity index (χ2n) is 6.99.